The molecule has 0 atom stereocenters. The highest BCUT2D eigenvalue weighted by molar-refractivity contribution is 7.56. The van der Waals surface area contributed by atoms with Crippen LogP contribution in [0.2, 0.25) is 0 Å². The molecule has 2 N–H and O–H groups in total. The molecule has 0 fully saturated rings. The Balaban J connectivity index is 2.97. The molecule has 1 rings (SSSR count). The lowest BCUT2D eigenvalue weighted by Crippen LogP contribution is -1.82. The minimum absolute atomic E-state index is 0.0196. The molecule has 0 aliphatic heterocycles. The Hall–Kier alpha value is -0.960. The zero-order chi connectivity index (χ0) is 9.90. The number of rotatable bonds is 2. The Kier molecular flexibility index (Phi) is 2.98. The SMILES string of the molecule is CC(=Cc1ccccn1)P(=O)(O)O. The number of pyridine rings is 1. The third kappa shape index (κ3) is 3.11. The summed E-state index contributed by atoms with van der Waals surface area (Å²) in [5.74, 6) is 0. The third-order valence-electron chi connectivity index (χ3n) is 1.50. The highest BCUT2D eigenvalue weighted by Gasteiger charge is 2.15. The second kappa shape index (κ2) is 3.83. The predicted octanol–water partition coefficient (Wildman–Crippen LogP) is 1.62. The molecule has 0 amide bonds. The lowest BCUT2D eigenvalue weighted by molar-refractivity contribution is 0.382. The molecule has 0 aliphatic carbocycles. The number of hydrogen-bond donors (Lipinski definition) is 2. The van der Waals surface area contributed by atoms with Crippen LogP contribution in [0.4, 0.5) is 0 Å². The standard InChI is InChI=1S/C8H10NO3P/c1-7(13(10,11)12)6-8-4-2-3-5-9-8/h2-6H,1H3,(H2,10,11,12). The maximum Gasteiger partial charge on any atom is 0.352 e. The summed E-state index contributed by atoms with van der Waals surface area (Å²) in [5.41, 5.74) is 0.545. The lowest BCUT2D eigenvalue weighted by Gasteiger charge is -2.02. The van der Waals surface area contributed by atoms with Crippen molar-refractivity contribution in [1.82, 2.24) is 4.98 Å². The minimum Gasteiger partial charge on any atom is -0.321 e. The van der Waals surface area contributed by atoms with Gasteiger partial charge in [0.1, 0.15) is 0 Å². The molecule has 0 unspecified atom stereocenters. The second-order valence-corrected chi connectivity index (χ2v) is 4.38. The number of allylic oxidation sites excluding steroid dienone is 1. The molecule has 4 nitrogen and oxygen atoms in total. The van der Waals surface area contributed by atoms with Gasteiger partial charge >= 0.3 is 7.60 Å². The van der Waals surface area contributed by atoms with Crippen LogP contribution >= 0.6 is 7.60 Å². The summed E-state index contributed by atoms with van der Waals surface area (Å²) < 4.78 is 10.7. The molecule has 1 aromatic heterocycles. The molecular weight excluding hydrogens is 189 g/mol. The first kappa shape index (κ1) is 10.1. The fourth-order valence-electron chi connectivity index (χ4n) is 0.759. The molecule has 1 aromatic rings. The molecule has 13 heavy (non-hydrogen) atoms. The van der Waals surface area contributed by atoms with Gasteiger partial charge in [-0.2, -0.15) is 0 Å². The monoisotopic (exact) mass is 199 g/mol. The lowest BCUT2D eigenvalue weighted by atomic mass is 10.3. The highest BCUT2D eigenvalue weighted by Crippen LogP contribution is 2.44. The zero-order valence-corrected chi connectivity index (χ0v) is 7.98. The summed E-state index contributed by atoms with van der Waals surface area (Å²) in [6.07, 6.45) is 2.94. The van der Waals surface area contributed by atoms with E-state index in [4.69, 9.17) is 9.79 Å². The van der Waals surface area contributed by atoms with Gasteiger partial charge < -0.3 is 9.79 Å². The molecule has 0 spiro atoms. The van der Waals surface area contributed by atoms with Gasteiger partial charge in [-0.15, -0.1) is 0 Å². The van der Waals surface area contributed by atoms with Gasteiger partial charge in [-0.05, 0) is 25.1 Å². The second-order valence-electron chi connectivity index (χ2n) is 2.58. The first-order valence-electron chi connectivity index (χ1n) is 3.65. The van der Waals surface area contributed by atoms with Crippen molar-refractivity contribution in [2.45, 2.75) is 6.92 Å². The van der Waals surface area contributed by atoms with Crippen molar-refractivity contribution in [2.24, 2.45) is 0 Å². The molecule has 5 heteroatoms. The van der Waals surface area contributed by atoms with E-state index >= 15 is 0 Å². The summed E-state index contributed by atoms with van der Waals surface area (Å²) in [6.45, 7) is 1.38. The van der Waals surface area contributed by atoms with Gasteiger partial charge in [0.25, 0.3) is 0 Å². The molecular formula is C8H10NO3P. The van der Waals surface area contributed by atoms with Crippen LogP contribution < -0.4 is 0 Å². The van der Waals surface area contributed by atoms with Gasteiger partial charge in [0.15, 0.2) is 0 Å². The van der Waals surface area contributed by atoms with Crippen LogP contribution in [-0.4, -0.2) is 14.8 Å². The Morgan fingerprint density at radius 3 is 2.69 bits per heavy atom. The van der Waals surface area contributed by atoms with E-state index in [1.807, 2.05) is 0 Å². The van der Waals surface area contributed by atoms with Crippen LogP contribution in [0.15, 0.2) is 29.7 Å². The van der Waals surface area contributed by atoms with E-state index in [9.17, 15) is 4.57 Å². The molecule has 0 saturated heterocycles. The van der Waals surface area contributed by atoms with E-state index in [0.29, 0.717) is 5.69 Å². The van der Waals surface area contributed by atoms with E-state index in [0.717, 1.165) is 0 Å². The Morgan fingerprint density at radius 1 is 1.54 bits per heavy atom. The van der Waals surface area contributed by atoms with Crippen LogP contribution in [0.1, 0.15) is 12.6 Å². The van der Waals surface area contributed by atoms with Gasteiger partial charge in [-0.3, -0.25) is 9.55 Å². The molecule has 70 valence electrons. The summed E-state index contributed by atoms with van der Waals surface area (Å²) >= 11 is 0. The van der Waals surface area contributed by atoms with Crippen molar-refractivity contribution >= 4 is 13.7 Å². The van der Waals surface area contributed by atoms with E-state index in [1.54, 1.807) is 24.4 Å². The van der Waals surface area contributed by atoms with Crippen LogP contribution in [-0.2, 0) is 4.57 Å². The van der Waals surface area contributed by atoms with Crippen LogP contribution in [0.25, 0.3) is 6.08 Å². The average molecular weight is 199 g/mol. The smallest absolute Gasteiger partial charge is 0.321 e. The van der Waals surface area contributed by atoms with Crippen LogP contribution in [0, 0.1) is 0 Å². The van der Waals surface area contributed by atoms with E-state index in [1.165, 1.54) is 13.0 Å². The van der Waals surface area contributed by atoms with E-state index in [-0.39, 0.29) is 5.31 Å². The summed E-state index contributed by atoms with van der Waals surface area (Å²) in [5, 5.41) is 0.0196. The van der Waals surface area contributed by atoms with Gasteiger partial charge in [-0.1, -0.05) is 6.07 Å². The summed E-state index contributed by atoms with van der Waals surface area (Å²) in [7, 11) is -4.10. The Labute approximate surface area is 76.1 Å². The van der Waals surface area contributed by atoms with Crippen molar-refractivity contribution in [1.29, 1.82) is 0 Å². The topological polar surface area (TPSA) is 70.4 Å². The van der Waals surface area contributed by atoms with Crippen molar-refractivity contribution in [3.63, 3.8) is 0 Å². The van der Waals surface area contributed by atoms with Gasteiger partial charge in [0.05, 0.1) is 5.69 Å². The average Bonchev–Trinajstić information content (AvgIpc) is 2.04. The number of nitrogens with zero attached hydrogens (tertiary/aromatic N) is 1. The molecule has 0 aromatic carbocycles. The first-order chi connectivity index (χ1) is 6.00. The molecule has 0 aliphatic rings. The fourth-order valence-corrected chi connectivity index (χ4v) is 1.06. The summed E-state index contributed by atoms with van der Waals surface area (Å²) in [4.78, 5) is 21.4. The quantitative estimate of drug-likeness (QED) is 0.710. The van der Waals surface area contributed by atoms with E-state index < -0.39 is 7.60 Å². The zero-order valence-electron chi connectivity index (χ0n) is 7.08. The largest absolute Gasteiger partial charge is 0.352 e. The molecule has 1 heterocycles. The first-order valence-corrected chi connectivity index (χ1v) is 5.27. The molecule has 0 saturated carbocycles. The molecule has 0 radical (unpaired) electrons. The predicted molar refractivity (Wildman–Crippen MR) is 49.9 cm³/mol. The Bertz CT molecular complexity index is 355. The maximum atomic E-state index is 10.7. The molecule has 0 bridgehead atoms. The van der Waals surface area contributed by atoms with Gasteiger partial charge in [0, 0.05) is 11.5 Å². The van der Waals surface area contributed by atoms with Crippen LogP contribution in [0.3, 0.4) is 0 Å². The van der Waals surface area contributed by atoms with E-state index in [2.05, 4.69) is 4.98 Å². The normalized spacial score (nSPS) is 13.0. The maximum absolute atomic E-state index is 10.7. The minimum atomic E-state index is -4.10. The highest BCUT2D eigenvalue weighted by atomic mass is 31.2. The number of aromatic nitrogens is 1. The number of hydrogen-bond acceptors (Lipinski definition) is 2. The van der Waals surface area contributed by atoms with Gasteiger partial charge in [-0.25, -0.2) is 0 Å². The third-order valence-corrected chi connectivity index (χ3v) is 2.55. The van der Waals surface area contributed by atoms with Crippen molar-refractivity contribution in [3.05, 3.63) is 35.4 Å². The van der Waals surface area contributed by atoms with Crippen molar-refractivity contribution < 1.29 is 14.4 Å². The van der Waals surface area contributed by atoms with Crippen molar-refractivity contribution in [3.8, 4) is 0 Å². The Morgan fingerprint density at radius 2 is 2.23 bits per heavy atom. The fraction of sp³-hybridized carbons (Fsp3) is 0.125. The van der Waals surface area contributed by atoms with Crippen molar-refractivity contribution in [2.75, 3.05) is 0 Å². The van der Waals surface area contributed by atoms with Crippen LogP contribution in [0.5, 0.6) is 0 Å². The van der Waals surface area contributed by atoms with Gasteiger partial charge in [0.2, 0.25) is 0 Å². The summed E-state index contributed by atoms with van der Waals surface area (Å²) in [6, 6.07) is 5.18.